The largest absolute Gasteiger partial charge is 0.481 e. The Bertz CT molecular complexity index is 168. The van der Waals surface area contributed by atoms with E-state index in [2.05, 4.69) is 0 Å². The van der Waals surface area contributed by atoms with Gasteiger partial charge in [-0.1, -0.05) is 57.8 Å². The molecular formula is C14H26O2. The molecule has 0 atom stereocenters. The Hall–Kier alpha value is -0.530. The molecule has 2 rings (SSSR count). The van der Waals surface area contributed by atoms with E-state index in [0.29, 0.717) is 12.3 Å². The van der Waals surface area contributed by atoms with Crippen LogP contribution in [0.2, 0.25) is 0 Å². The van der Waals surface area contributed by atoms with E-state index in [-0.39, 0.29) is 0 Å². The first-order valence-electron chi connectivity index (χ1n) is 7.01. The molecule has 0 bridgehead atoms. The maximum Gasteiger partial charge on any atom is 0.303 e. The van der Waals surface area contributed by atoms with E-state index in [0.717, 1.165) is 12.8 Å². The van der Waals surface area contributed by atoms with Gasteiger partial charge in [0, 0.05) is 6.42 Å². The summed E-state index contributed by atoms with van der Waals surface area (Å²) in [4.78, 5) is 10.3. The van der Waals surface area contributed by atoms with Crippen molar-refractivity contribution in [2.45, 2.75) is 77.0 Å². The van der Waals surface area contributed by atoms with E-state index in [4.69, 9.17) is 5.11 Å². The van der Waals surface area contributed by atoms with E-state index in [9.17, 15) is 4.79 Å². The van der Waals surface area contributed by atoms with Crippen LogP contribution in [-0.4, -0.2) is 11.1 Å². The number of hydrogen-bond acceptors (Lipinski definition) is 1. The Labute approximate surface area is 99.4 Å². The van der Waals surface area contributed by atoms with Crippen LogP contribution in [0.5, 0.6) is 0 Å². The van der Waals surface area contributed by atoms with Gasteiger partial charge in [-0.2, -0.15) is 0 Å². The van der Waals surface area contributed by atoms with Gasteiger partial charge in [-0.05, 0) is 18.8 Å². The monoisotopic (exact) mass is 226 g/mol. The molecule has 2 aliphatic carbocycles. The van der Waals surface area contributed by atoms with Crippen molar-refractivity contribution in [1.82, 2.24) is 0 Å². The predicted molar refractivity (Wildman–Crippen MR) is 66.5 cm³/mol. The number of carboxylic acid groups (broad SMARTS) is 1. The lowest BCUT2D eigenvalue weighted by atomic mass is 9.87. The number of carbonyl (C=O) groups is 1. The smallest absolute Gasteiger partial charge is 0.303 e. The average Bonchev–Trinajstić information content (AvgIpc) is 2.32. The molecule has 0 spiro atoms. The lowest BCUT2D eigenvalue weighted by Crippen LogP contribution is -2.10. The molecule has 1 N–H and O–H groups in total. The highest BCUT2D eigenvalue weighted by molar-refractivity contribution is 5.66. The number of rotatable bonds is 2. The van der Waals surface area contributed by atoms with Gasteiger partial charge in [0.15, 0.2) is 0 Å². The Morgan fingerprint density at radius 3 is 1.56 bits per heavy atom. The highest BCUT2D eigenvalue weighted by atomic mass is 16.4. The van der Waals surface area contributed by atoms with Crippen LogP contribution in [0.1, 0.15) is 77.0 Å². The summed E-state index contributed by atoms with van der Waals surface area (Å²) in [5, 5.41) is 8.47. The maximum atomic E-state index is 10.3. The average molecular weight is 226 g/mol. The Morgan fingerprint density at radius 1 is 0.812 bits per heavy atom. The highest BCUT2D eigenvalue weighted by Crippen LogP contribution is 2.25. The third-order valence-electron chi connectivity index (χ3n) is 3.69. The van der Waals surface area contributed by atoms with Gasteiger partial charge in [-0.15, -0.1) is 0 Å². The zero-order valence-electron chi connectivity index (χ0n) is 10.4. The summed E-state index contributed by atoms with van der Waals surface area (Å²) in [7, 11) is 0. The van der Waals surface area contributed by atoms with E-state index in [1.54, 1.807) is 0 Å². The summed E-state index contributed by atoms with van der Waals surface area (Å²) < 4.78 is 0. The highest BCUT2D eigenvalue weighted by Gasteiger charge is 2.15. The molecule has 0 aromatic carbocycles. The quantitative estimate of drug-likeness (QED) is 0.758. The molecule has 0 amide bonds. The molecule has 0 saturated heterocycles. The third-order valence-corrected chi connectivity index (χ3v) is 3.69. The topological polar surface area (TPSA) is 37.3 Å². The fourth-order valence-corrected chi connectivity index (χ4v) is 2.70. The van der Waals surface area contributed by atoms with Crippen molar-refractivity contribution in [3.05, 3.63) is 0 Å². The first-order valence-corrected chi connectivity index (χ1v) is 7.01. The van der Waals surface area contributed by atoms with Crippen LogP contribution in [0.4, 0.5) is 0 Å². The standard InChI is InChI=1S/C8H14O2.C6H12/c9-8(10)6-7-4-2-1-3-5-7;1-2-4-6-5-3-1/h7H,1-6H2,(H,9,10);1-6H2. The predicted octanol–water partition coefficient (Wildman–Crippen LogP) is 4.38. The normalized spacial score (nSPS) is 22.0. The second-order valence-electron chi connectivity index (χ2n) is 5.22. The van der Waals surface area contributed by atoms with Gasteiger partial charge in [-0.25, -0.2) is 0 Å². The van der Waals surface area contributed by atoms with E-state index < -0.39 is 5.97 Å². The van der Waals surface area contributed by atoms with Crippen molar-refractivity contribution in [2.24, 2.45) is 5.92 Å². The van der Waals surface area contributed by atoms with Crippen LogP contribution in [-0.2, 0) is 4.79 Å². The molecule has 0 radical (unpaired) electrons. The van der Waals surface area contributed by atoms with Gasteiger partial charge in [0.05, 0.1) is 0 Å². The van der Waals surface area contributed by atoms with Crippen LogP contribution in [0.15, 0.2) is 0 Å². The Balaban J connectivity index is 0.000000181. The molecule has 0 aliphatic heterocycles. The second-order valence-corrected chi connectivity index (χ2v) is 5.22. The molecule has 0 aromatic heterocycles. The van der Waals surface area contributed by atoms with Gasteiger partial charge in [0.1, 0.15) is 0 Å². The van der Waals surface area contributed by atoms with Crippen LogP contribution in [0.3, 0.4) is 0 Å². The van der Waals surface area contributed by atoms with Crippen molar-refractivity contribution in [3.63, 3.8) is 0 Å². The van der Waals surface area contributed by atoms with E-state index >= 15 is 0 Å². The first kappa shape index (κ1) is 13.5. The summed E-state index contributed by atoms with van der Waals surface area (Å²) in [6.45, 7) is 0. The van der Waals surface area contributed by atoms with E-state index in [1.165, 1.54) is 57.8 Å². The lowest BCUT2D eigenvalue weighted by Gasteiger charge is -2.18. The Kier molecular flexibility index (Phi) is 7.28. The second kappa shape index (κ2) is 8.60. The molecule has 2 heteroatoms. The summed E-state index contributed by atoms with van der Waals surface area (Å²) in [5.74, 6) is -0.154. The van der Waals surface area contributed by atoms with E-state index in [1.807, 2.05) is 0 Å². The zero-order chi connectivity index (χ0) is 11.6. The van der Waals surface area contributed by atoms with Crippen LogP contribution in [0, 0.1) is 5.92 Å². The maximum absolute atomic E-state index is 10.3. The number of hydrogen-bond donors (Lipinski definition) is 1. The molecule has 2 saturated carbocycles. The summed E-state index contributed by atoms with van der Waals surface area (Å²) in [5.41, 5.74) is 0. The SMILES string of the molecule is C1CCCCC1.O=C(O)CC1CCCCC1. The minimum Gasteiger partial charge on any atom is -0.481 e. The fraction of sp³-hybridized carbons (Fsp3) is 0.929. The van der Waals surface area contributed by atoms with Crippen LogP contribution >= 0.6 is 0 Å². The summed E-state index contributed by atoms with van der Waals surface area (Å²) in [6.07, 6.45) is 15.4. The molecule has 16 heavy (non-hydrogen) atoms. The first-order chi connectivity index (χ1) is 7.79. The Morgan fingerprint density at radius 2 is 1.19 bits per heavy atom. The minimum absolute atomic E-state index is 0.389. The molecule has 2 aliphatic rings. The summed E-state index contributed by atoms with van der Waals surface area (Å²) >= 11 is 0. The lowest BCUT2D eigenvalue weighted by molar-refractivity contribution is -0.138. The molecule has 0 aromatic rings. The van der Waals surface area contributed by atoms with Crippen molar-refractivity contribution in [1.29, 1.82) is 0 Å². The molecule has 94 valence electrons. The van der Waals surface area contributed by atoms with Gasteiger partial charge in [-0.3, -0.25) is 4.79 Å². The van der Waals surface area contributed by atoms with Crippen LogP contribution in [0.25, 0.3) is 0 Å². The summed E-state index contributed by atoms with van der Waals surface area (Å²) in [6, 6.07) is 0. The fourth-order valence-electron chi connectivity index (χ4n) is 2.70. The van der Waals surface area contributed by atoms with Crippen molar-refractivity contribution in [2.75, 3.05) is 0 Å². The molecular weight excluding hydrogens is 200 g/mol. The molecule has 0 unspecified atom stereocenters. The van der Waals surface area contributed by atoms with Crippen LogP contribution < -0.4 is 0 Å². The zero-order valence-corrected chi connectivity index (χ0v) is 10.4. The van der Waals surface area contributed by atoms with Gasteiger partial charge >= 0.3 is 5.97 Å². The van der Waals surface area contributed by atoms with Crippen molar-refractivity contribution in [3.8, 4) is 0 Å². The van der Waals surface area contributed by atoms with Crippen molar-refractivity contribution >= 4 is 5.97 Å². The third kappa shape index (κ3) is 6.86. The number of aliphatic carboxylic acids is 1. The van der Waals surface area contributed by atoms with Crippen molar-refractivity contribution < 1.29 is 9.90 Å². The molecule has 0 heterocycles. The number of carboxylic acids is 1. The molecule has 2 fully saturated rings. The van der Waals surface area contributed by atoms with Gasteiger partial charge in [0.25, 0.3) is 0 Å². The van der Waals surface area contributed by atoms with Gasteiger partial charge < -0.3 is 5.11 Å². The minimum atomic E-state index is -0.632. The molecule has 2 nitrogen and oxygen atoms in total. The van der Waals surface area contributed by atoms with Gasteiger partial charge in [0.2, 0.25) is 0 Å².